The van der Waals surface area contributed by atoms with E-state index in [0.717, 1.165) is 29.9 Å². The summed E-state index contributed by atoms with van der Waals surface area (Å²) < 4.78 is 0. The first-order valence-corrected chi connectivity index (χ1v) is 7.42. The zero-order valence-corrected chi connectivity index (χ0v) is 12.5. The van der Waals surface area contributed by atoms with Crippen LogP contribution in [0, 0.1) is 6.92 Å². The molecule has 4 nitrogen and oxygen atoms in total. The molecule has 3 rings (SSSR count). The van der Waals surface area contributed by atoms with Crippen LogP contribution in [0.15, 0.2) is 48.5 Å². The molecule has 0 bridgehead atoms. The third-order valence-electron chi connectivity index (χ3n) is 3.77. The minimum Gasteiger partial charge on any atom is -0.322 e. The first kappa shape index (κ1) is 14.3. The van der Waals surface area contributed by atoms with E-state index in [4.69, 9.17) is 0 Å². The maximum atomic E-state index is 12.4. The van der Waals surface area contributed by atoms with Crippen LogP contribution < -0.4 is 10.2 Å². The molecule has 0 atom stereocenters. The zero-order valence-electron chi connectivity index (χ0n) is 12.5. The topological polar surface area (TPSA) is 49.4 Å². The van der Waals surface area contributed by atoms with Crippen LogP contribution in [0.1, 0.15) is 28.8 Å². The van der Waals surface area contributed by atoms with Gasteiger partial charge < -0.3 is 10.2 Å². The van der Waals surface area contributed by atoms with Crippen molar-refractivity contribution in [1.29, 1.82) is 0 Å². The molecule has 1 fully saturated rings. The van der Waals surface area contributed by atoms with E-state index in [2.05, 4.69) is 5.32 Å². The summed E-state index contributed by atoms with van der Waals surface area (Å²) in [4.78, 5) is 25.9. The summed E-state index contributed by atoms with van der Waals surface area (Å²) in [5, 5.41) is 2.89. The fourth-order valence-corrected chi connectivity index (χ4v) is 2.66. The monoisotopic (exact) mass is 294 g/mol. The number of aryl methyl sites for hydroxylation is 1. The predicted octanol–water partition coefficient (Wildman–Crippen LogP) is 3.37. The molecule has 2 aromatic rings. The van der Waals surface area contributed by atoms with Gasteiger partial charge in [0.05, 0.1) is 0 Å². The van der Waals surface area contributed by atoms with E-state index in [1.54, 1.807) is 17.0 Å². The third kappa shape index (κ3) is 3.01. The summed E-state index contributed by atoms with van der Waals surface area (Å²) in [6.07, 6.45) is 1.46. The van der Waals surface area contributed by atoms with E-state index in [-0.39, 0.29) is 11.8 Å². The van der Waals surface area contributed by atoms with E-state index in [9.17, 15) is 9.59 Å². The highest BCUT2D eigenvalue weighted by molar-refractivity contribution is 6.05. The summed E-state index contributed by atoms with van der Waals surface area (Å²) >= 11 is 0. The average molecular weight is 294 g/mol. The molecule has 22 heavy (non-hydrogen) atoms. The standard InChI is InChI=1S/C18H18N2O2/c1-13-5-2-7-15(11-13)19-18(22)14-6-3-8-16(12-14)20-10-4-9-17(20)21/h2-3,5-8,11-12H,4,9-10H2,1H3,(H,19,22). The first-order valence-electron chi connectivity index (χ1n) is 7.42. The van der Waals surface area contributed by atoms with Crippen molar-refractivity contribution in [3.8, 4) is 0 Å². The van der Waals surface area contributed by atoms with Gasteiger partial charge in [-0.05, 0) is 49.2 Å². The van der Waals surface area contributed by atoms with Crippen LogP contribution in [0.5, 0.6) is 0 Å². The normalized spacial score (nSPS) is 14.2. The van der Waals surface area contributed by atoms with Gasteiger partial charge in [-0.15, -0.1) is 0 Å². The van der Waals surface area contributed by atoms with Crippen LogP contribution >= 0.6 is 0 Å². The number of nitrogens with zero attached hydrogens (tertiary/aromatic N) is 1. The van der Waals surface area contributed by atoms with Gasteiger partial charge in [-0.25, -0.2) is 0 Å². The molecule has 2 amide bonds. The van der Waals surface area contributed by atoms with Crippen molar-refractivity contribution in [2.75, 3.05) is 16.8 Å². The number of nitrogens with one attached hydrogen (secondary N) is 1. The summed E-state index contributed by atoms with van der Waals surface area (Å²) in [5.41, 5.74) is 3.21. The lowest BCUT2D eigenvalue weighted by atomic mass is 10.1. The van der Waals surface area contributed by atoms with Gasteiger partial charge in [-0.2, -0.15) is 0 Å². The molecule has 0 radical (unpaired) electrons. The number of hydrogen-bond donors (Lipinski definition) is 1. The molecular weight excluding hydrogens is 276 g/mol. The SMILES string of the molecule is Cc1cccc(NC(=O)c2cccc(N3CCCC3=O)c2)c1. The Morgan fingerprint density at radius 2 is 1.95 bits per heavy atom. The highest BCUT2D eigenvalue weighted by atomic mass is 16.2. The molecule has 1 aliphatic rings. The smallest absolute Gasteiger partial charge is 0.255 e. The van der Waals surface area contributed by atoms with Crippen molar-refractivity contribution in [2.24, 2.45) is 0 Å². The molecule has 0 spiro atoms. The van der Waals surface area contributed by atoms with E-state index < -0.39 is 0 Å². The summed E-state index contributed by atoms with van der Waals surface area (Å²) in [7, 11) is 0. The molecule has 1 saturated heterocycles. The van der Waals surface area contributed by atoms with Gasteiger partial charge in [-0.3, -0.25) is 9.59 Å². The quantitative estimate of drug-likeness (QED) is 0.943. The molecule has 112 valence electrons. The number of amides is 2. The Balaban J connectivity index is 1.79. The van der Waals surface area contributed by atoms with Gasteiger partial charge in [0.25, 0.3) is 5.91 Å². The lowest BCUT2D eigenvalue weighted by Gasteiger charge is -2.16. The molecule has 2 aromatic carbocycles. The van der Waals surface area contributed by atoms with Crippen LogP contribution in [0.25, 0.3) is 0 Å². The molecule has 0 saturated carbocycles. The Hall–Kier alpha value is -2.62. The lowest BCUT2D eigenvalue weighted by Crippen LogP contribution is -2.24. The van der Waals surface area contributed by atoms with Crippen molar-refractivity contribution in [1.82, 2.24) is 0 Å². The van der Waals surface area contributed by atoms with Gasteiger partial charge in [0.1, 0.15) is 0 Å². The molecule has 0 unspecified atom stereocenters. The number of carbonyl (C=O) groups is 2. The number of hydrogen-bond acceptors (Lipinski definition) is 2. The summed E-state index contributed by atoms with van der Waals surface area (Å²) in [6, 6.07) is 14.9. The number of benzene rings is 2. The van der Waals surface area contributed by atoms with Crippen LogP contribution in [0.4, 0.5) is 11.4 Å². The Kier molecular flexibility index (Phi) is 3.92. The summed E-state index contributed by atoms with van der Waals surface area (Å²) in [6.45, 7) is 2.71. The Morgan fingerprint density at radius 1 is 1.14 bits per heavy atom. The van der Waals surface area contributed by atoms with Crippen LogP contribution in [0.3, 0.4) is 0 Å². The Labute approximate surface area is 129 Å². The van der Waals surface area contributed by atoms with E-state index in [0.29, 0.717) is 12.0 Å². The highest BCUT2D eigenvalue weighted by Gasteiger charge is 2.22. The van der Waals surface area contributed by atoms with Crippen molar-refractivity contribution in [2.45, 2.75) is 19.8 Å². The second-order valence-corrected chi connectivity index (χ2v) is 5.52. The average Bonchev–Trinajstić information content (AvgIpc) is 2.93. The van der Waals surface area contributed by atoms with Gasteiger partial charge >= 0.3 is 0 Å². The minimum atomic E-state index is -0.168. The Bertz CT molecular complexity index is 725. The number of anilines is 2. The van der Waals surface area contributed by atoms with Crippen LogP contribution in [-0.2, 0) is 4.79 Å². The van der Waals surface area contributed by atoms with Crippen molar-refractivity contribution < 1.29 is 9.59 Å². The maximum Gasteiger partial charge on any atom is 0.255 e. The van der Waals surface area contributed by atoms with Gasteiger partial charge in [0, 0.05) is 29.9 Å². The molecule has 1 N–H and O–H groups in total. The van der Waals surface area contributed by atoms with Crippen molar-refractivity contribution in [3.05, 3.63) is 59.7 Å². The number of rotatable bonds is 3. The molecule has 1 aliphatic heterocycles. The zero-order chi connectivity index (χ0) is 15.5. The van der Waals surface area contributed by atoms with Gasteiger partial charge in [-0.1, -0.05) is 18.2 Å². The largest absolute Gasteiger partial charge is 0.322 e. The third-order valence-corrected chi connectivity index (χ3v) is 3.77. The van der Waals surface area contributed by atoms with Crippen LogP contribution in [-0.4, -0.2) is 18.4 Å². The van der Waals surface area contributed by atoms with Crippen molar-refractivity contribution in [3.63, 3.8) is 0 Å². The van der Waals surface area contributed by atoms with Gasteiger partial charge in [0.15, 0.2) is 0 Å². The van der Waals surface area contributed by atoms with E-state index in [1.165, 1.54) is 0 Å². The highest BCUT2D eigenvalue weighted by Crippen LogP contribution is 2.22. The Morgan fingerprint density at radius 3 is 2.68 bits per heavy atom. The lowest BCUT2D eigenvalue weighted by molar-refractivity contribution is -0.117. The second-order valence-electron chi connectivity index (χ2n) is 5.52. The fraction of sp³-hybridized carbons (Fsp3) is 0.222. The number of carbonyl (C=O) groups excluding carboxylic acids is 2. The predicted molar refractivity (Wildman–Crippen MR) is 87.2 cm³/mol. The first-order chi connectivity index (χ1) is 10.6. The van der Waals surface area contributed by atoms with Gasteiger partial charge in [0.2, 0.25) is 5.91 Å². The molecule has 1 heterocycles. The molecule has 4 heteroatoms. The fourth-order valence-electron chi connectivity index (χ4n) is 2.66. The second kappa shape index (κ2) is 6.02. The minimum absolute atomic E-state index is 0.122. The van der Waals surface area contributed by atoms with E-state index >= 15 is 0 Å². The maximum absolute atomic E-state index is 12.4. The van der Waals surface area contributed by atoms with Crippen molar-refractivity contribution >= 4 is 23.2 Å². The van der Waals surface area contributed by atoms with E-state index in [1.807, 2.05) is 43.3 Å². The summed E-state index contributed by atoms with van der Waals surface area (Å²) in [5.74, 6) is -0.0460. The van der Waals surface area contributed by atoms with Crippen LogP contribution in [0.2, 0.25) is 0 Å². The molecular formula is C18H18N2O2. The molecule has 0 aliphatic carbocycles. The molecule has 0 aromatic heterocycles.